The summed E-state index contributed by atoms with van der Waals surface area (Å²) in [6.45, 7) is 3.15. The summed E-state index contributed by atoms with van der Waals surface area (Å²) in [5.41, 5.74) is 1.96. The molecular weight excluding hydrogens is 399 g/mol. The molecule has 31 heavy (non-hydrogen) atoms. The monoisotopic (exact) mass is 424 g/mol. The van der Waals surface area contributed by atoms with Gasteiger partial charge < -0.3 is 10.1 Å². The van der Waals surface area contributed by atoms with E-state index in [2.05, 4.69) is 25.7 Å². The molecule has 8 nitrogen and oxygen atoms in total. The van der Waals surface area contributed by atoms with Gasteiger partial charge in [0.2, 0.25) is 5.91 Å². The first kappa shape index (κ1) is 21.1. The zero-order valence-corrected chi connectivity index (χ0v) is 17.1. The minimum atomic E-state index is -0.573. The normalized spacial score (nSPS) is 16.5. The number of morpholine rings is 1. The summed E-state index contributed by atoms with van der Waals surface area (Å²) in [6.07, 6.45) is 1.92. The average Bonchev–Trinajstić information content (AvgIpc) is 3.35. The van der Waals surface area contributed by atoms with Gasteiger partial charge in [-0.05, 0) is 33.7 Å². The Kier molecular flexibility index (Phi) is 6.96. The summed E-state index contributed by atoms with van der Waals surface area (Å²) in [5, 5.41) is 14.4. The van der Waals surface area contributed by atoms with Gasteiger partial charge in [0.05, 0.1) is 19.3 Å². The lowest BCUT2D eigenvalue weighted by molar-refractivity contribution is -0.125. The third-order valence-corrected chi connectivity index (χ3v) is 5.47. The Bertz CT molecular complexity index is 946. The van der Waals surface area contributed by atoms with Gasteiger partial charge in [0, 0.05) is 26.1 Å². The zero-order chi connectivity index (χ0) is 21.5. The third-order valence-electron chi connectivity index (χ3n) is 5.47. The van der Waals surface area contributed by atoms with Crippen LogP contribution >= 0.6 is 0 Å². The van der Waals surface area contributed by atoms with Gasteiger partial charge in [-0.2, -0.15) is 0 Å². The van der Waals surface area contributed by atoms with Crippen LogP contribution in [0.2, 0.25) is 0 Å². The van der Waals surface area contributed by atoms with E-state index in [-0.39, 0.29) is 17.8 Å². The highest BCUT2D eigenvalue weighted by Crippen LogP contribution is 2.22. The molecule has 0 bridgehead atoms. The zero-order valence-electron chi connectivity index (χ0n) is 17.1. The van der Waals surface area contributed by atoms with Gasteiger partial charge in [0.25, 0.3) is 0 Å². The number of rotatable bonds is 8. The molecule has 2 atom stereocenters. The Balaban J connectivity index is 1.50. The molecular formula is C22H25FN6O2. The third kappa shape index (κ3) is 5.50. The maximum absolute atomic E-state index is 13.5. The number of aromatic nitrogens is 4. The van der Waals surface area contributed by atoms with Crippen molar-refractivity contribution in [2.45, 2.75) is 18.5 Å². The highest BCUT2D eigenvalue weighted by atomic mass is 19.1. The number of amides is 1. The summed E-state index contributed by atoms with van der Waals surface area (Å²) < 4.78 is 20.4. The molecule has 1 aromatic heterocycles. The largest absolute Gasteiger partial charge is 0.379 e. The molecule has 0 radical (unpaired) electrons. The number of hydrogen-bond acceptors (Lipinski definition) is 6. The molecule has 9 heteroatoms. The van der Waals surface area contributed by atoms with Crippen LogP contribution in [0.1, 0.15) is 23.2 Å². The van der Waals surface area contributed by atoms with Crippen LogP contribution in [0.25, 0.3) is 0 Å². The fourth-order valence-corrected chi connectivity index (χ4v) is 3.80. The van der Waals surface area contributed by atoms with Gasteiger partial charge in [-0.3, -0.25) is 9.69 Å². The number of tetrazole rings is 1. The van der Waals surface area contributed by atoms with E-state index in [4.69, 9.17) is 4.74 Å². The number of carbonyl (C=O) groups is 1. The van der Waals surface area contributed by atoms with Gasteiger partial charge in [0.15, 0.2) is 0 Å². The molecule has 3 aromatic rings. The summed E-state index contributed by atoms with van der Waals surface area (Å²) in [5.74, 6) is -0.452. The molecule has 2 aromatic carbocycles. The quantitative estimate of drug-likeness (QED) is 0.594. The fourth-order valence-electron chi connectivity index (χ4n) is 3.80. The molecule has 1 aliphatic rings. The number of carbonyl (C=O) groups excluding carboxylic acids is 1. The van der Waals surface area contributed by atoms with Crippen molar-refractivity contribution < 1.29 is 13.9 Å². The van der Waals surface area contributed by atoms with Crippen molar-refractivity contribution in [3.8, 4) is 0 Å². The van der Waals surface area contributed by atoms with Crippen molar-refractivity contribution in [3.63, 3.8) is 0 Å². The Morgan fingerprint density at radius 1 is 1.10 bits per heavy atom. The molecule has 1 aliphatic heterocycles. The van der Waals surface area contributed by atoms with Gasteiger partial charge in [0.1, 0.15) is 18.2 Å². The molecule has 0 saturated carbocycles. The summed E-state index contributed by atoms with van der Waals surface area (Å²) in [4.78, 5) is 15.4. The highest BCUT2D eigenvalue weighted by Gasteiger charge is 2.26. The maximum Gasteiger partial charge on any atom is 0.245 e. The van der Waals surface area contributed by atoms with Crippen LogP contribution in [0.4, 0.5) is 4.39 Å². The molecule has 1 N–H and O–H groups in total. The second-order valence-corrected chi connectivity index (χ2v) is 7.46. The van der Waals surface area contributed by atoms with Gasteiger partial charge in [-0.25, -0.2) is 9.07 Å². The van der Waals surface area contributed by atoms with E-state index < -0.39 is 6.04 Å². The Morgan fingerprint density at radius 2 is 1.84 bits per heavy atom. The second-order valence-electron chi connectivity index (χ2n) is 7.46. The van der Waals surface area contributed by atoms with Crippen LogP contribution in [0, 0.1) is 5.82 Å². The van der Waals surface area contributed by atoms with E-state index >= 15 is 0 Å². The average molecular weight is 424 g/mol. The molecule has 2 heterocycles. The van der Waals surface area contributed by atoms with E-state index in [0.717, 1.165) is 24.2 Å². The molecule has 162 valence electrons. The summed E-state index contributed by atoms with van der Waals surface area (Å²) in [7, 11) is 0. The van der Waals surface area contributed by atoms with Crippen molar-refractivity contribution in [3.05, 3.63) is 77.9 Å². The minimum Gasteiger partial charge on any atom is -0.379 e. The molecule has 4 rings (SSSR count). The minimum absolute atomic E-state index is 0.0836. The van der Waals surface area contributed by atoms with Crippen molar-refractivity contribution >= 4 is 5.91 Å². The lowest BCUT2D eigenvalue weighted by atomic mass is 10.0. The topological polar surface area (TPSA) is 85.2 Å². The van der Waals surface area contributed by atoms with Crippen molar-refractivity contribution in [2.24, 2.45) is 0 Å². The number of nitrogens with one attached hydrogen (secondary N) is 1. The van der Waals surface area contributed by atoms with Crippen molar-refractivity contribution in [1.82, 2.24) is 30.4 Å². The molecule has 1 saturated heterocycles. The number of halogens is 1. The van der Waals surface area contributed by atoms with Crippen molar-refractivity contribution in [1.29, 1.82) is 0 Å². The van der Waals surface area contributed by atoms with E-state index in [1.807, 2.05) is 30.3 Å². The molecule has 1 amide bonds. The molecule has 2 unspecified atom stereocenters. The molecule has 0 spiro atoms. The van der Waals surface area contributed by atoms with Crippen LogP contribution in [0.15, 0.2) is 60.9 Å². The van der Waals surface area contributed by atoms with E-state index in [9.17, 15) is 9.18 Å². The Hall–Kier alpha value is -3.17. The first-order valence-electron chi connectivity index (χ1n) is 10.3. The first-order chi connectivity index (χ1) is 15.2. The molecule has 1 fully saturated rings. The first-order valence-corrected chi connectivity index (χ1v) is 10.3. The Labute approximate surface area is 180 Å². The predicted molar refractivity (Wildman–Crippen MR) is 112 cm³/mol. The van der Waals surface area contributed by atoms with E-state index in [1.54, 1.807) is 12.1 Å². The SMILES string of the molecule is O=C(NCC(c1ccc(F)cc1)N1CCOCC1)C(Cc1ccccc1)n1cnnn1. The standard InChI is InChI=1S/C22H25FN6O2/c23-19-8-6-18(7-9-19)21(28-10-12-31-13-11-28)15-24-22(30)20(29-16-25-26-27-29)14-17-4-2-1-3-5-17/h1-9,16,20-21H,10-15H2,(H,24,30). The lowest BCUT2D eigenvalue weighted by Crippen LogP contribution is -2.45. The highest BCUT2D eigenvalue weighted by molar-refractivity contribution is 5.80. The second kappa shape index (κ2) is 10.2. The predicted octanol–water partition coefficient (Wildman–Crippen LogP) is 1.79. The smallest absolute Gasteiger partial charge is 0.245 e. The van der Waals surface area contributed by atoms with E-state index in [0.29, 0.717) is 26.2 Å². The van der Waals surface area contributed by atoms with Crippen LogP contribution in [0.5, 0.6) is 0 Å². The summed E-state index contributed by atoms with van der Waals surface area (Å²) in [6, 6.07) is 15.5. The van der Waals surface area contributed by atoms with Crippen LogP contribution in [-0.2, 0) is 16.0 Å². The van der Waals surface area contributed by atoms with E-state index in [1.165, 1.54) is 23.1 Å². The van der Waals surface area contributed by atoms with Gasteiger partial charge >= 0.3 is 0 Å². The van der Waals surface area contributed by atoms with Crippen LogP contribution in [0.3, 0.4) is 0 Å². The molecule has 0 aliphatic carbocycles. The lowest BCUT2D eigenvalue weighted by Gasteiger charge is -2.35. The Morgan fingerprint density at radius 3 is 2.52 bits per heavy atom. The number of benzene rings is 2. The van der Waals surface area contributed by atoms with Crippen molar-refractivity contribution in [2.75, 3.05) is 32.8 Å². The summed E-state index contributed by atoms with van der Waals surface area (Å²) >= 11 is 0. The maximum atomic E-state index is 13.5. The number of hydrogen-bond donors (Lipinski definition) is 1. The van der Waals surface area contributed by atoms with Crippen LogP contribution < -0.4 is 5.32 Å². The van der Waals surface area contributed by atoms with Gasteiger partial charge in [-0.15, -0.1) is 5.10 Å². The van der Waals surface area contributed by atoms with Crippen LogP contribution in [-0.4, -0.2) is 63.9 Å². The van der Waals surface area contributed by atoms with Gasteiger partial charge in [-0.1, -0.05) is 42.5 Å². The number of ether oxygens (including phenoxy) is 1. The fraction of sp³-hybridized carbons (Fsp3) is 0.364. The number of nitrogens with zero attached hydrogens (tertiary/aromatic N) is 5.